The number of anilines is 1. The summed E-state index contributed by atoms with van der Waals surface area (Å²) in [7, 11) is 0. The van der Waals surface area contributed by atoms with E-state index in [2.05, 4.69) is 59.2 Å². The molecule has 3 aromatic rings. The molecule has 4 rings (SSSR count). The van der Waals surface area contributed by atoms with Gasteiger partial charge in [0.1, 0.15) is 0 Å². The lowest BCUT2D eigenvalue weighted by Crippen LogP contribution is -2.38. The molecule has 0 aliphatic carbocycles. The summed E-state index contributed by atoms with van der Waals surface area (Å²) >= 11 is 1.88. The molecular weight excluding hydrogens is 454 g/mol. The van der Waals surface area contributed by atoms with Gasteiger partial charge in [0.2, 0.25) is 5.91 Å². The van der Waals surface area contributed by atoms with Crippen LogP contribution in [-0.4, -0.2) is 54.4 Å². The number of amides is 2. The molecule has 1 aliphatic heterocycles. The Kier molecular flexibility index (Phi) is 8.85. The molecule has 1 heterocycles. The molecule has 3 aromatic carbocycles. The van der Waals surface area contributed by atoms with Crippen molar-refractivity contribution in [1.29, 1.82) is 0 Å². The van der Waals surface area contributed by atoms with Crippen molar-refractivity contribution in [3.8, 4) is 0 Å². The van der Waals surface area contributed by atoms with Crippen LogP contribution in [0.25, 0.3) is 0 Å². The number of nitrogens with one attached hydrogen (secondary N) is 2. The Labute approximate surface area is 212 Å². The van der Waals surface area contributed by atoms with E-state index in [1.165, 1.54) is 11.1 Å². The molecule has 35 heavy (non-hydrogen) atoms. The molecular formula is C29H33N3O2S. The molecule has 182 valence electrons. The van der Waals surface area contributed by atoms with Gasteiger partial charge < -0.3 is 15.5 Å². The first kappa shape index (κ1) is 24.9. The fourth-order valence-electron chi connectivity index (χ4n) is 4.49. The van der Waals surface area contributed by atoms with Gasteiger partial charge in [-0.1, -0.05) is 66.7 Å². The maximum atomic E-state index is 13.0. The Morgan fingerprint density at radius 3 is 2.14 bits per heavy atom. The molecule has 1 aliphatic rings. The van der Waals surface area contributed by atoms with Crippen LogP contribution in [0, 0.1) is 6.92 Å². The number of carbonyl (C=O) groups is 2. The third-order valence-electron chi connectivity index (χ3n) is 6.46. The minimum Gasteiger partial charge on any atom is -0.376 e. The zero-order valence-corrected chi connectivity index (χ0v) is 21.0. The molecule has 6 heteroatoms. The van der Waals surface area contributed by atoms with E-state index in [0.29, 0.717) is 12.1 Å². The fraction of sp³-hybridized carbons (Fsp3) is 0.310. The van der Waals surface area contributed by atoms with Gasteiger partial charge in [0.25, 0.3) is 5.91 Å². The highest BCUT2D eigenvalue weighted by atomic mass is 32.2. The Morgan fingerprint density at radius 1 is 0.886 bits per heavy atom. The van der Waals surface area contributed by atoms with Crippen molar-refractivity contribution < 1.29 is 9.59 Å². The van der Waals surface area contributed by atoms with Gasteiger partial charge in [-0.3, -0.25) is 9.59 Å². The maximum Gasteiger partial charge on any atom is 0.254 e. The van der Waals surface area contributed by atoms with Crippen LogP contribution >= 0.6 is 11.8 Å². The average molecular weight is 488 g/mol. The van der Waals surface area contributed by atoms with E-state index in [-0.39, 0.29) is 24.3 Å². The van der Waals surface area contributed by atoms with Crippen LogP contribution in [-0.2, 0) is 4.79 Å². The summed E-state index contributed by atoms with van der Waals surface area (Å²) in [6.07, 6.45) is 0.816. The van der Waals surface area contributed by atoms with Crippen LogP contribution in [0.2, 0.25) is 0 Å². The van der Waals surface area contributed by atoms with Gasteiger partial charge in [-0.2, -0.15) is 11.8 Å². The number of carbonyl (C=O) groups excluding carboxylic acids is 2. The molecule has 2 N–H and O–H groups in total. The Hall–Kier alpha value is -3.25. The molecule has 5 nitrogen and oxygen atoms in total. The van der Waals surface area contributed by atoms with Gasteiger partial charge in [-0.15, -0.1) is 0 Å². The first-order valence-electron chi connectivity index (χ1n) is 12.2. The van der Waals surface area contributed by atoms with Crippen molar-refractivity contribution in [2.75, 3.05) is 43.0 Å². The third kappa shape index (κ3) is 6.67. The number of hydrogen-bond donors (Lipinski definition) is 2. The summed E-state index contributed by atoms with van der Waals surface area (Å²) < 4.78 is 0. The second-order valence-electron chi connectivity index (χ2n) is 8.75. The van der Waals surface area contributed by atoms with Gasteiger partial charge in [-0.25, -0.2) is 0 Å². The van der Waals surface area contributed by atoms with Gasteiger partial charge in [0.05, 0.1) is 6.54 Å². The van der Waals surface area contributed by atoms with E-state index in [9.17, 15) is 9.59 Å². The highest BCUT2D eigenvalue weighted by molar-refractivity contribution is 7.99. The topological polar surface area (TPSA) is 61.4 Å². The van der Waals surface area contributed by atoms with E-state index in [1.807, 2.05) is 53.9 Å². The van der Waals surface area contributed by atoms with Gasteiger partial charge >= 0.3 is 0 Å². The maximum absolute atomic E-state index is 13.0. The minimum atomic E-state index is -0.0611. The lowest BCUT2D eigenvalue weighted by Gasteiger charge is -2.27. The lowest BCUT2D eigenvalue weighted by molar-refractivity contribution is -0.119. The summed E-state index contributed by atoms with van der Waals surface area (Å²) in [6.45, 7) is 4.27. The van der Waals surface area contributed by atoms with Crippen molar-refractivity contribution in [2.45, 2.75) is 19.3 Å². The number of hydrogen-bond acceptors (Lipinski definition) is 4. The van der Waals surface area contributed by atoms with E-state index < -0.39 is 0 Å². The minimum absolute atomic E-state index is 0.0611. The molecule has 0 radical (unpaired) electrons. The van der Waals surface area contributed by atoms with Crippen molar-refractivity contribution in [2.24, 2.45) is 0 Å². The zero-order chi connectivity index (χ0) is 24.5. The zero-order valence-electron chi connectivity index (χ0n) is 20.2. The van der Waals surface area contributed by atoms with E-state index >= 15 is 0 Å². The molecule has 1 fully saturated rings. The smallest absolute Gasteiger partial charge is 0.254 e. The standard InChI is InChI=1S/C29H33N3O2S/c1-22-25(29(34)32-17-19-35-20-18-32)13-8-14-27(22)31-21-28(33)30-16-15-26(23-9-4-2-5-10-23)24-11-6-3-7-12-24/h2-14,26,31H,15-21H2,1H3,(H,30,33). The van der Waals surface area contributed by atoms with Gasteiger partial charge in [-0.05, 0) is 42.2 Å². The average Bonchev–Trinajstić information content (AvgIpc) is 2.91. The van der Waals surface area contributed by atoms with E-state index in [0.717, 1.165) is 42.3 Å². The number of benzene rings is 3. The number of nitrogens with zero attached hydrogens (tertiary/aromatic N) is 1. The lowest BCUT2D eigenvalue weighted by atomic mass is 9.88. The predicted octanol–water partition coefficient (Wildman–Crippen LogP) is 4.93. The Bertz CT molecular complexity index is 1080. The van der Waals surface area contributed by atoms with E-state index in [1.54, 1.807) is 0 Å². The van der Waals surface area contributed by atoms with Gasteiger partial charge in [0.15, 0.2) is 0 Å². The van der Waals surface area contributed by atoms with Crippen LogP contribution in [0.4, 0.5) is 5.69 Å². The molecule has 0 atom stereocenters. The second-order valence-corrected chi connectivity index (χ2v) is 9.97. The number of rotatable bonds is 9. The van der Waals surface area contributed by atoms with Crippen molar-refractivity contribution in [3.63, 3.8) is 0 Å². The fourth-order valence-corrected chi connectivity index (χ4v) is 5.39. The SMILES string of the molecule is Cc1c(NCC(=O)NCCC(c2ccccc2)c2ccccc2)cccc1C(=O)N1CCSCC1. The van der Waals surface area contributed by atoms with Crippen LogP contribution in [0.5, 0.6) is 0 Å². The monoisotopic (exact) mass is 487 g/mol. The molecule has 0 aromatic heterocycles. The third-order valence-corrected chi connectivity index (χ3v) is 7.40. The van der Waals surface area contributed by atoms with E-state index in [4.69, 9.17) is 0 Å². The summed E-state index contributed by atoms with van der Waals surface area (Å²) in [5.74, 6) is 2.21. The summed E-state index contributed by atoms with van der Waals surface area (Å²) in [4.78, 5) is 27.5. The highest BCUT2D eigenvalue weighted by Gasteiger charge is 2.21. The van der Waals surface area contributed by atoms with Crippen molar-refractivity contribution in [3.05, 3.63) is 101 Å². The molecule has 0 bridgehead atoms. The van der Waals surface area contributed by atoms with Gasteiger partial charge in [0, 0.05) is 48.3 Å². The molecule has 0 unspecified atom stereocenters. The first-order chi connectivity index (χ1) is 17.1. The van der Waals surface area contributed by atoms with Crippen LogP contribution in [0.3, 0.4) is 0 Å². The van der Waals surface area contributed by atoms with Crippen LogP contribution < -0.4 is 10.6 Å². The molecule has 0 saturated carbocycles. The second kappa shape index (κ2) is 12.5. The molecule has 1 saturated heterocycles. The summed E-state index contributed by atoms with van der Waals surface area (Å²) in [6, 6.07) is 26.5. The largest absolute Gasteiger partial charge is 0.376 e. The Morgan fingerprint density at radius 2 is 1.51 bits per heavy atom. The van der Waals surface area contributed by atoms with Crippen LogP contribution in [0.1, 0.15) is 39.4 Å². The normalized spacial score (nSPS) is 13.5. The first-order valence-corrected chi connectivity index (χ1v) is 13.4. The highest BCUT2D eigenvalue weighted by Crippen LogP contribution is 2.27. The molecule has 2 amide bonds. The Balaban J connectivity index is 1.32. The summed E-state index contributed by atoms with van der Waals surface area (Å²) in [5.41, 5.74) is 4.91. The quantitative estimate of drug-likeness (QED) is 0.449. The predicted molar refractivity (Wildman–Crippen MR) is 145 cm³/mol. The molecule has 0 spiro atoms. The number of thioether (sulfide) groups is 1. The van der Waals surface area contributed by atoms with Crippen molar-refractivity contribution >= 4 is 29.3 Å². The van der Waals surface area contributed by atoms with Crippen molar-refractivity contribution in [1.82, 2.24) is 10.2 Å². The van der Waals surface area contributed by atoms with Crippen LogP contribution in [0.15, 0.2) is 78.9 Å². The summed E-state index contributed by atoms with van der Waals surface area (Å²) in [5, 5.41) is 6.28.